The third-order valence-corrected chi connectivity index (χ3v) is 4.50. The van der Waals surface area contributed by atoms with Gasteiger partial charge >= 0.3 is 0 Å². The summed E-state index contributed by atoms with van der Waals surface area (Å²) in [4.78, 5) is 11.8. The molecule has 1 heterocycles. The summed E-state index contributed by atoms with van der Waals surface area (Å²) in [5.41, 5.74) is 0. The summed E-state index contributed by atoms with van der Waals surface area (Å²) in [7, 11) is 0. The minimum absolute atomic E-state index is 0.134. The monoisotopic (exact) mass is 277 g/mol. The quantitative estimate of drug-likeness (QED) is 0.783. The number of carbonyl (C=O) groups excluding carboxylic acids is 1. The van der Waals surface area contributed by atoms with Crippen LogP contribution in [-0.4, -0.2) is 12.5 Å². The van der Waals surface area contributed by atoms with E-state index in [4.69, 9.17) is 4.42 Å². The number of aryl methyl sites for hydroxylation is 1. The molecule has 0 spiro atoms. The van der Waals surface area contributed by atoms with Gasteiger partial charge < -0.3 is 9.73 Å². The van der Waals surface area contributed by atoms with Gasteiger partial charge in [-0.2, -0.15) is 0 Å². The highest BCUT2D eigenvalue weighted by molar-refractivity contribution is 5.76. The van der Waals surface area contributed by atoms with Crippen molar-refractivity contribution < 1.29 is 9.21 Å². The topological polar surface area (TPSA) is 42.2 Å². The van der Waals surface area contributed by atoms with Crippen LogP contribution in [0, 0.1) is 11.8 Å². The maximum Gasteiger partial charge on any atom is 0.220 e. The molecule has 3 heteroatoms. The van der Waals surface area contributed by atoms with Crippen molar-refractivity contribution in [2.75, 3.05) is 6.54 Å². The molecule has 112 valence electrons. The van der Waals surface area contributed by atoms with Crippen molar-refractivity contribution in [3.63, 3.8) is 0 Å². The summed E-state index contributed by atoms with van der Waals surface area (Å²) in [6, 6.07) is 4.10. The fourth-order valence-electron chi connectivity index (χ4n) is 2.61. The van der Waals surface area contributed by atoms with Crippen LogP contribution in [0.5, 0.6) is 0 Å². The Kier molecular flexibility index (Phi) is 5.27. The molecule has 0 aliphatic heterocycles. The van der Waals surface area contributed by atoms with Gasteiger partial charge in [0.2, 0.25) is 5.91 Å². The minimum Gasteiger partial charge on any atom is -0.466 e. The van der Waals surface area contributed by atoms with Gasteiger partial charge in [0.15, 0.2) is 0 Å². The SMILES string of the molecule is CCC(CC)CNC(=O)CCc1ccc(C2CC2C)o1. The van der Waals surface area contributed by atoms with Gasteiger partial charge in [0.25, 0.3) is 0 Å². The zero-order valence-electron chi connectivity index (χ0n) is 12.9. The Bertz CT molecular complexity index is 434. The molecule has 3 nitrogen and oxygen atoms in total. The fourth-order valence-corrected chi connectivity index (χ4v) is 2.61. The molecular formula is C17H27NO2. The lowest BCUT2D eigenvalue weighted by atomic mass is 10.0. The molecule has 1 N–H and O–H groups in total. The summed E-state index contributed by atoms with van der Waals surface area (Å²) in [6.07, 6.45) is 4.71. The minimum atomic E-state index is 0.134. The van der Waals surface area contributed by atoms with Crippen molar-refractivity contribution in [2.45, 2.75) is 58.8 Å². The van der Waals surface area contributed by atoms with Crippen LogP contribution in [0.4, 0.5) is 0 Å². The molecule has 0 radical (unpaired) electrons. The van der Waals surface area contributed by atoms with Crippen LogP contribution in [0.15, 0.2) is 16.5 Å². The molecule has 0 saturated heterocycles. The summed E-state index contributed by atoms with van der Waals surface area (Å²) in [5, 5.41) is 3.02. The molecular weight excluding hydrogens is 250 g/mol. The normalized spacial score (nSPS) is 21.2. The summed E-state index contributed by atoms with van der Waals surface area (Å²) in [6.45, 7) is 7.39. The number of hydrogen-bond acceptors (Lipinski definition) is 2. The Hall–Kier alpha value is -1.25. The molecule has 2 rings (SSSR count). The predicted molar refractivity (Wildman–Crippen MR) is 80.6 cm³/mol. The standard InChI is InChI=1S/C17H27NO2/c1-4-13(5-2)11-18-17(19)9-7-14-6-8-16(20-14)15-10-12(15)3/h6,8,12-13,15H,4-5,7,9-11H2,1-3H3,(H,18,19). The lowest BCUT2D eigenvalue weighted by Crippen LogP contribution is -2.29. The molecule has 1 amide bonds. The zero-order valence-corrected chi connectivity index (χ0v) is 12.9. The van der Waals surface area contributed by atoms with E-state index in [0.717, 1.165) is 36.8 Å². The molecule has 1 saturated carbocycles. The van der Waals surface area contributed by atoms with Gasteiger partial charge in [-0.05, 0) is 30.4 Å². The molecule has 2 atom stereocenters. The highest BCUT2D eigenvalue weighted by Crippen LogP contribution is 2.47. The van der Waals surface area contributed by atoms with Crippen LogP contribution in [0.2, 0.25) is 0 Å². The number of amides is 1. The largest absolute Gasteiger partial charge is 0.466 e. The Labute approximate surface area is 122 Å². The van der Waals surface area contributed by atoms with Crippen LogP contribution in [-0.2, 0) is 11.2 Å². The lowest BCUT2D eigenvalue weighted by Gasteiger charge is -2.12. The summed E-state index contributed by atoms with van der Waals surface area (Å²) < 4.78 is 5.82. The van der Waals surface area contributed by atoms with E-state index in [-0.39, 0.29) is 5.91 Å². The third-order valence-electron chi connectivity index (χ3n) is 4.50. The van der Waals surface area contributed by atoms with Crippen LogP contribution >= 0.6 is 0 Å². The van der Waals surface area contributed by atoms with E-state index >= 15 is 0 Å². The molecule has 20 heavy (non-hydrogen) atoms. The average molecular weight is 277 g/mol. The van der Waals surface area contributed by atoms with E-state index in [2.05, 4.69) is 32.2 Å². The third kappa shape index (κ3) is 4.12. The van der Waals surface area contributed by atoms with Crippen molar-refractivity contribution in [2.24, 2.45) is 11.8 Å². The first-order valence-corrected chi connectivity index (χ1v) is 7.99. The van der Waals surface area contributed by atoms with Gasteiger partial charge in [0, 0.05) is 25.3 Å². The molecule has 1 aromatic rings. The Balaban J connectivity index is 1.69. The van der Waals surface area contributed by atoms with E-state index in [1.54, 1.807) is 0 Å². The van der Waals surface area contributed by atoms with Crippen LogP contribution in [0.3, 0.4) is 0 Å². The molecule has 1 aromatic heterocycles. The predicted octanol–water partition coefficient (Wildman–Crippen LogP) is 3.89. The van der Waals surface area contributed by atoms with E-state index in [1.165, 1.54) is 6.42 Å². The zero-order chi connectivity index (χ0) is 14.5. The second-order valence-corrected chi connectivity index (χ2v) is 6.11. The maximum absolute atomic E-state index is 11.8. The number of rotatable bonds is 8. The first-order valence-electron chi connectivity index (χ1n) is 7.99. The maximum atomic E-state index is 11.8. The van der Waals surface area contributed by atoms with Gasteiger partial charge in [0.05, 0.1) is 0 Å². The van der Waals surface area contributed by atoms with Crippen LogP contribution in [0.1, 0.15) is 63.9 Å². The molecule has 1 aliphatic carbocycles. The second-order valence-electron chi connectivity index (χ2n) is 6.11. The fraction of sp³-hybridized carbons (Fsp3) is 0.706. The second kappa shape index (κ2) is 6.96. The number of nitrogens with one attached hydrogen (secondary N) is 1. The number of carbonyl (C=O) groups is 1. The first-order chi connectivity index (χ1) is 9.63. The Morgan fingerprint density at radius 3 is 2.70 bits per heavy atom. The Morgan fingerprint density at radius 2 is 2.10 bits per heavy atom. The highest BCUT2D eigenvalue weighted by atomic mass is 16.3. The van der Waals surface area contributed by atoms with Gasteiger partial charge in [-0.3, -0.25) is 4.79 Å². The van der Waals surface area contributed by atoms with Gasteiger partial charge in [0.1, 0.15) is 11.5 Å². The average Bonchev–Trinajstić information content (AvgIpc) is 3.00. The van der Waals surface area contributed by atoms with Crippen LogP contribution in [0.25, 0.3) is 0 Å². The van der Waals surface area contributed by atoms with E-state index < -0.39 is 0 Å². The molecule has 1 aliphatic rings. The van der Waals surface area contributed by atoms with Crippen molar-refractivity contribution in [3.05, 3.63) is 23.7 Å². The molecule has 0 aromatic carbocycles. The summed E-state index contributed by atoms with van der Waals surface area (Å²) >= 11 is 0. The molecule has 2 unspecified atom stereocenters. The summed E-state index contributed by atoms with van der Waals surface area (Å²) in [5.74, 6) is 4.16. The lowest BCUT2D eigenvalue weighted by molar-refractivity contribution is -0.121. The Morgan fingerprint density at radius 1 is 1.40 bits per heavy atom. The van der Waals surface area contributed by atoms with Crippen molar-refractivity contribution in [1.29, 1.82) is 0 Å². The molecule has 0 bridgehead atoms. The van der Waals surface area contributed by atoms with Crippen molar-refractivity contribution >= 4 is 5.91 Å². The first kappa shape index (κ1) is 15.1. The van der Waals surface area contributed by atoms with Crippen molar-refractivity contribution in [3.8, 4) is 0 Å². The van der Waals surface area contributed by atoms with Gasteiger partial charge in [-0.1, -0.05) is 33.6 Å². The number of hydrogen-bond donors (Lipinski definition) is 1. The highest BCUT2D eigenvalue weighted by Gasteiger charge is 2.36. The van der Waals surface area contributed by atoms with Gasteiger partial charge in [-0.15, -0.1) is 0 Å². The molecule has 1 fully saturated rings. The van der Waals surface area contributed by atoms with Gasteiger partial charge in [-0.25, -0.2) is 0 Å². The van der Waals surface area contributed by atoms with E-state index in [9.17, 15) is 4.79 Å². The van der Waals surface area contributed by atoms with Crippen molar-refractivity contribution in [1.82, 2.24) is 5.32 Å². The smallest absolute Gasteiger partial charge is 0.220 e. The van der Waals surface area contributed by atoms with E-state index in [0.29, 0.717) is 24.7 Å². The number of furan rings is 1. The van der Waals surface area contributed by atoms with Crippen LogP contribution < -0.4 is 5.32 Å². The van der Waals surface area contributed by atoms with E-state index in [1.807, 2.05) is 6.07 Å².